The highest BCUT2D eigenvalue weighted by atomic mass is 16.4. The summed E-state index contributed by atoms with van der Waals surface area (Å²) in [5.74, 6) is -0.988. The molecule has 0 aliphatic carbocycles. The Kier molecular flexibility index (Phi) is 3.23. The van der Waals surface area contributed by atoms with Crippen LogP contribution in [0.3, 0.4) is 0 Å². The number of nitrogens with zero attached hydrogens (tertiary/aromatic N) is 2. The van der Waals surface area contributed by atoms with Crippen molar-refractivity contribution in [2.24, 2.45) is 0 Å². The van der Waals surface area contributed by atoms with Crippen LogP contribution in [0.25, 0.3) is 0 Å². The second kappa shape index (κ2) is 4.83. The summed E-state index contributed by atoms with van der Waals surface area (Å²) in [7, 11) is 0. The van der Waals surface area contributed by atoms with Gasteiger partial charge < -0.3 is 10.4 Å². The molecule has 0 bridgehead atoms. The van der Waals surface area contributed by atoms with Gasteiger partial charge >= 0.3 is 5.97 Å². The number of aromatic carboxylic acids is 1. The Hall–Kier alpha value is -2.43. The van der Waals surface area contributed by atoms with Gasteiger partial charge in [0.15, 0.2) is 0 Å². The lowest BCUT2D eigenvalue weighted by atomic mass is 10.2. The molecule has 92 valence electrons. The SMILES string of the molecule is Cc1ccc(Nc2cnccc2C(=O)O)c(C)n1. The number of pyridine rings is 2. The fourth-order valence-corrected chi connectivity index (χ4v) is 1.64. The van der Waals surface area contributed by atoms with Crippen LogP contribution in [0.2, 0.25) is 0 Å². The van der Waals surface area contributed by atoms with Crippen LogP contribution >= 0.6 is 0 Å². The predicted molar refractivity (Wildman–Crippen MR) is 68.2 cm³/mol. The molecule has 2 rings (SSSR count). The number of nitrogens with one attached hydrogen (secondary N) is 1. The summed E-state index contributed by atoms with van der Waals surface area (Å²) < 4.78 is 0. The predicted octanol–water partition coefficient (Wildman–Crippen LogP) is 2.54. The Balaban J connectivity index is 2.37. The second-order valence-corrected chi connectivity index (χ2v) is 3.94. The Morgan fingerprint density at radius 1 is 1.22 bits per heavy atom. The maximum Gasteiger partial charge on any atom is 0.337 e. The fraction of sp³-hybridized carbons (Fsp3) is 0.154. The zero-order valence-corrected chi connectivity index (χ0v) is 10.1. The van der Waals surface area contributed by atoms with Crippen molar-refractivity contribution in [1.29, 1.82) is 0 Å². The van der Waals surface area contributed by atoms with Crippen molar-refractivity contribution in [3.63, 3.8) is 0 Å². The topological polar surface area (TPSA) is 75.1 Å². The first-order valence-corrected chi connectivity index (χ1v) is 5.46. The fourth-order valence-electron chi connectivity index (χ4n) is 1.64. The quantitative estimate of drug-likeness (QED) is 0.866. The van der Waals surface area contributed by atoms with Gasteiger partial charge in [-0.25, -0.2) is 4.79 Å². The Morgan fingerprint density at radius 3 is 2.67 bits per heavy atom. The van der Waals surface area contributed by atoms with E-state index in [4.69, 9.17) is 5.11 Å². The molecular formula is C13H13N3O2. The van der Waals surface area contributed by atoms with Gasteiger partial charge in [-0.3, -0.25) is 9.97 Å². The third-order valence-electron chi connectivity index (χ3n) is 2.55. The standard InChI is InChI=1S/C13H13N3O2/c1-8-3-4-11(9(2)15-8)16-12-7-14-6-5-10(12)13(17)18/h3-7,16H,1-2H3,(H,17,18). The van der Waals surface area contributed by atoms with E-state index in [0.717, 1.165) is 17.1 Å². The first-order valence-electron chi connectivity index (χ1n) is 5.46. The van der Waals surface area contributed by atoms with Crippen molar-refractivity contribution < 1.29 is 9.90 Å². The molecule has 0 aliphatic heterocycles. The van der Waals surface area contributed by atoms with Crippen LogP contribution in [0.5, 0.6) is 0 Å². The van der Waals surface area contributed by atoms with Gasteiger partial charge in [-0.15, -0.1) is 0 Å². The first-order chi connectivity index (χ1) is 8.58. The number of carboxylic acids is 1. The molecule has 0 fully saturated rings. The molecule has 0 spiro atoms. The Bertz CT molecular complexity index is 597. The first kappa shape index (κ1) is 12.0. The largest absolute Gasteiger partial charge is 0.478 e. The average Bonchev–Trinajstić information content (AvgIpc) is 2.33. The number of hydrogen-bond acceptors (Lipinski definition) is 4. The molecule has 2 N–H and O–H groups in total. The number of hydrogen-bond donors (Lipinski definition) is 2. The molecular weight excluding hydrogens is 230 g/mol. The minimum Gasteiger partial charge on any atom is -0.478 e. The van der Waals surface area contributed by atoms with E-state index in [0.29, 0.717) is 5.69 Å². The van der Waals surface area contributed by atoms with E-state index in [1.165, 1.54) is 18.5 Å². The van der Waals surface area contributed by atoms with E-state index in [2.05, 4.69) is 15.3 Å². The lowest BCUT2D eigenvalue weighted by molar-refractivity contribution is 0.0698. The highest BCUT2D eigenvalue weighted by Crippen LogP contribution is 2.22. The summed E-state index contributed by atoms with van der Waals surface area (Å²) in [6.07, 6.45) is 2.94. The molecule has 0 saturated heterocycles. The maximum absolute atomic E-state index is 11.1. The highest BCUT2D eigenvalue weighted by molar-refractivity contribution is 5.94. The molecule has 2 aromatic heterocycles. The normalized spacial score (nSPS) is 10.1. The number of aromatic nitrogens is 2. The molecule has 2 heterocycles. The van der Waals surface area contributed by atoms with Gasteiger partial charge in [0.05, 0.1) is 28.8 Å². The summed E-state index contributed by atoms with van der Waals surface area (Å²) in [5, 5.41) is 12.1. The number of carbonyl (C=O) groups is 1. The molecule has 2 aromatic rings. The maximum atomic E-state index is 11.1. The van der Waals surface area contributed by atoms with Crippen molar-refractivity contribution in [2.75, 3.05) is 5.32 Å². The molecule has 0 unspecified atom stereocenters. The number of anilines is 2. The van der Waals surface area contributed by atoms with Crippen LogP contribution in [0, 0.1) is 13.8 Å². The van der Waals surface area contributed by atoms with Crippen molar-refractivity contribution in [1.82, 2.24) is 9.97 Å². The lowest BCUT2D eigenvalue weighted by Crippen LogP contribution is -2.04. The van der Waals surface area contributed by atoms with Crippen LogP contribution in [0.1, 0.15) is 21.7 Å². The molecule has 5 heteroatoms. The van der Waals surface area contributed by atoms with Gasteiger partial charge in [-0.2, -0.15) is 0 Å². The number of aryl methyl sites for hydroxylation is 2. The highest BCUT2D eigenvalue weighted by Gasteiger charge is 2.10. The molecule has 0 aromatic carbocycles. The van der Waals surface area contributed by atoms with Crippen LogP contribution in [0.4, 0.5) is 11.4 Å². The molecule has 0 atom stereocenters. The van der Waals surface area contributed by atoms with Gasteiger partial charge in [-0.1, -0.05) is 0 Å². The smallest absolute Gasteiger partial charge is 0.337 e. The van der Waals surface area contributed by atoms with E-state index in [1.807, 2.05) is 26.0 Å². The minimum atomic E-state index is -0.988. The molecule has 0 saturated carbocycles. The molecule has 5 nitrogen and oxygen atoms in total. The monoisotopic (exact) mass is 243 g/mol. The third kappa shape index (κ3) is 2.45. The average molecular weight is 243 g/mol. The zero-order chi connectivity index (χ0) is 13.1. The second-order valence-electron chi connectivity index (χ2n) is 3.94. The Morgan fingerprint density at radius 2 is 2.00 bits per heavy atom. The van der Waals surface area contributed by atoms with E-state index in [-0.39, 0.29) is 5.56 Å². The molecule has 0 radical (unpaired) electrons. The lowest BCUT2D eigenvalue weighted by Gasteiger charge is -2.11. The number of rotatable bonds is 3. The zero-order valence-electron chi connectivity index (χ0n) is 10.1. The van der Waals surface area contributed by atoms with Crippen molar-refractivity contribution in [3.05, 3.63) is 47.5 Å². The summed E-state index contributed by atoms with van der Waals surface area (Å²) >= 11 is 0. The summed E-state index contributed by atoms with van der Waals surface area (Å²) in [6.45, 7) is 3.77. The van der Waals surface area contributed by atoms with E-state index in [9.17, 15) is 4.79 Å². The summed E-state index contributed by atoms with van der Waals surface area (Å²) in [6, 6.07) is 5.20. The van der Waals surface area contributed by atoms with Crippen LogP contribution in [0.15, 0.2) is 30.6 Å². The van der Waals surface area contributed by atoms with Gasteiger partial charge in [-0.05, 0) is 32.0 Å². The Labute approximate surface area is 105 Å². The van der Waals surface area contributed by atoms with Crippen LogP contribution in [-0.2, 0) is 0 Å². The number of carboxylic acid groups (broad SMARTS) is 1. The van der Waals surface area contributed by atoms with Gasteiger partial charge in [0.2, 0.25) is 0 Å². The summed E-state index contributed by atoms with van der Waals surface area (Å²) in [5.41, 5.74) is 3.15. The van der Waals surface area contributed by atoms with Crippen molar-refractivity contribution in [2.45, 2.75) is 13.8 Å². The molecule has 18 heavy (non-hydrogen) atoms. The van der Waals surface area contributed by atoms with E-state index >= 15 is 0 Å². The molecule has 0 aliphatic rings. The molecule has 0 amide bonds. The van der Waals surface area contributed by atoms with Gasteiger partial charge in [0, 0.05) is 11.9 Å². The van der Waals surface area contributed by atoms with Gasteiger partial charge in [0.1, 0.15) is 0 Å². The van der Waals surface area contributed by atoms with Crippen LogP contribution < -0.4 is 5.32 Å². The van der Waals surface area contributed by atoms with Crippen molar-refractivity contribution >= 4 is 17.3 Å². The van der Waals surface area contributed by atoms with E-state index < -0.39 is 5.97 Å². The van der Waals surface area contributed by atoms with Gasteiger partial charge in [0.25, 0.3) is 0 Å². The third-order valence-corrected chi connectivity index (χ3v) is 2.55. The minimum absolute atomic E-state index is 0.185. The van der Waals surface area contributed by atoms with Crippen molar-refractivity contribution in [3.8, 4) is 0 Å². The summed E-state index contributed by atoms with van der Waals surface area (Å²) in [4.78, 5) is 19.3. The van der Waals surface area contributed by atoms with Crippen LogP contribution in [-0.4, -0.2) is 21.0 Å². The van der Waals surface area contributed by atoms with E-state index in [1.54, 1.807) is 0 Å².